The van der Waals surface area contributed by atoms with Gasteiger partial charge in [-0.2, -0.15) is 0 Å². The Bertz CT molecular complexity index is 649. The fraction of sp³-hybridized carbons (Fsp3) is 0.652. The average molecular weight is 370 g/mol. The zero-order valence-corrected chi connectivity index (χ0v) is 16.3. The van der Waals surface area contributed by atoms with Gasteiger partial charge in [0.05, 0.1) is 11.5 Å². The summed E-state index contributed by atoms with van der Waals surface area (Å²) in [5.41, 5.74) is 0.803. The van der Waals surface area contributed by atoms with Crippen molar-refractivity contribution < 1.29 is 14.3 Å². The van der Waals surface area contributed by atoms with Gasteiger partial charge in [-0.05, 0) is 68.3 Å². The predicted octanol–water partition coefficient (Wildman–Crippen LogP) is 4.40. The van der Waals surface area contributed by atoms with Gasteiger partial charge in [-0.1, -0.05) is 43.7 Å². The number of ether oxygens (including phenoxy) is 1. The first-order valence-corrected chi connectivity index (χ1v) is 10.6. The summed E-state index contributed by atoms with van der Waals surface area (Å²) in [5, 5.41) is 3.05. The zero-order chi connectivity index (χ0) is 18.9. The van der Waals surface area contributed by atoms with Gasteiger partial charge in [-0.3, -0.25) is 9.59 Å². The Balaban J connectivity index is 1.33. The second-order valence-corrected chi connectivity index (χ2v) is 9.09. The highest BCUT2D eigenvalue weighted by molar-refractivity contribution is 5.83. The number of esters is 1. The highest BCUT2D eigenvalue weighted by Crippen LogP contribution is 2.60. The second kappa shape index (κ2) is 7.65. The second-order valence-electron chi connectivity index (χ2n) is 9.09. The van der Waals surface area contributed by atoms with E-state index < -0.39 is 0 Å². The molecule has 1 aromatic carbocycles. The first-order valence-electron chi connectivity index (χ1n) is 10.6. The molecule has 0 radical (unpaired) electrons. The molecule has 0 aromatic heterocycles. The molecule has 0 unspecified atom stereocenters. The predicted molar refractivity (Wildman–Crippen MR) is 104 cm³/mol. The third-order valence-electron chi connectivity index (χ3n) is 6.92. The summed E-state index contributed by atoms with van der Waals surface area (Å²) in [4.78, 5) is 25.3. The molecule has 5 rings (SSSR count). The van der Waals surface area contributed by atoms with Gasteiger partial charge in [0.25, 0.3) is 5.91 Å². The van der Waals surface area contributed by atoms with Crippen LogP contribution in [0.4, 0.5) is 0 Å². The van der Waals surface area contributed by atoms with Crippen LogP contribution in [-0.4, -0.2) is 18.5 Å². The van der Waals surface area contributed by atoms with Gasteiger partial charge in [0.15, 0.2) is 6.61 Å². The highest BCUT2D eigenvalue weighted by atomic mass is 16.5. The van der Waals surface area contributed by atoms with Crippen LogP contribution < -0.4 is 5.32 Å². The molecule has 4 heteroatoms. The van der Waals surface area contributed by atoms with E-state index in [2.05, 4.69) is 12.2 Å². The van der Waals surface area contributed by atoms with E-state index in [0.29, 0.717) is 17.8 Å². The summed E-state index contributed by atoms with van der Waals surface area (Å²) < 4.78 is 5.55. The molecule has 1 amide bonds. The van der Waals surface area contributed by atoms with Crippen molar-refractivity contribution in [2.24, 2.45) is 23.2 Å². The third-order valence-corrected chi connectivity index (χ3v) is 6.92. The zero-order valence-electron chi connectivity index (χ0n) is 16.3. The van der Waals surface area contributed by atoms with Crippen molar-refractivity contribution in [3.63, 3.8) is 0 Å². The van der Waals surface area contributed by atoms with Gasteiger partial charge in [-0.25, -0.2) is 0 Å². The van der Waals surface area contributed by atoms with Crippen LogP contribution in [0.2, 0.25) is 0 Å². The van der Waals surface area contributed by atoms with E-state index in [1.807, 2.05) is 30.3 Å². The van der Waals surface area contributed by atoms with E-state index >= 15 is 0 Å². The van der Waals surface area contributed by atoms with E-state index in [-0.39, 0.29) is 29.9 Å². The number of benzene rings is 1. The SMILES string of the molecule is CCC[C@H](NC(=O)COC(=O)C12CC3CC(CC(C3)C1)C2)c1ccccc1. The van der Waals surface area contributed by atoms with Gasteiger partial charge >= 0.3 is 5.97 Å². The minimum Gasteiger partial charge on any atom is -0.455 e. The number of amides is 1. The summed E-state index contributed by atoms with van der Waals surface area (Å²) in [5.74, 6) is 1.78. The summed E-state index contributed by atoms with van der Waals surface area (Å²) in [6.45, 7) is 1.95. The van der Waals surface area contributed by atoms with E-state index in [0.717, 1.165) is 37.7 Å². The fourth-order valence-corrected chi connectivity index (χ4v) is 6.18. The standard InChI is InChI=1S/C23H31NO3/c1-2-6-20(19-7-4-3-5-8-19)24-21(25)15-27-22(26)23-12-16-9-17(13-23)11-18(10-16)14-23/h3-5,7-8,16-18,20H,2,6,9-15H2,1H3,(H,24,25)/t16?,17?,18?,20-,23?/m0/s1. The summed E-state index contributed by atoms with van der Waals surface area (Å²) in [6.07, 6.45) is 8.66. The van der Waals surface area contributed by atoms with E-state index in [4.69, 9.17) is 4.74 Å². The smallest absolute Gasteiger partial charge is 0.312 e. The molecule has 4 saturated carbocycles. The third kappa shape index (κ3) is 3.90. The molecule has 4 nitrogen and oxygen atoms in total. The van der Waals surface area contributed by atoms with Crippen LogP contribution in [0.3, 0.4) is 0 Å². The first-order chi connectivity index (χ1) is 13.1. The summed E-state index contributed by atoms with van der Waals surface area (Å²) >= 11 is 0. The molecule has 4 aliphatic rings. The Kier molecular flexibility index (Phi) is 5.25. The molecule has 1 N–H and O–H groups in total. The van der Waals surface area contributed by atoms with Crippen molar-refractivity contribution >= 4 is 11.9 Å². The molecule has 0 spiro atoms. The number of carbonyl (C=O) groups excluding carboxylic acids is 2. The lowest BCUT2D eigenvalue weighted by atomic mass is 9.49. The van der Waals surface area contributed by atoms with Crippen LogP contribution in [-0.2, 0) is 14.3 Å². The van der Waals surface area contributed by atoms with Crippen molar-refractivity contribution in [1.82, 2.24) is 5.32 Å². The molecular weight excluding hydrogens is 338 g/mol. The largest absolute Gasteiger partial charge is 0.455 e. The lowest BCUT2D eigenvalue weighted by Crippen LogP contribution is -2.51. The quantitative estimate of drug-likeness (QED) is 0.725. The van der Waals surface area contributed by atoms with Crippen LogP contribution in [0.1, 0.15) is 69.9 Å². The molecule has 1 atom stereocenters. The maximum absolute atomic E-state index is 12.9. The molecule has 27 heavy (non-hydrogen) atoms. The first kappa shape index (κ1) is 18.5. The Morgan fingerprint density at radius 3 is 2.22 bits per heavy atom. The topological polar surface area (TPSA) is 55.4 Å². The monoisotopic (exact) mass is 369 g/mol. The Hall–Kier alpha value is -1.84. The van der Waals surface area contributed by atoms with Crippen molar-refractivity contribution in [2.75, 3.05) is 6.61 Å². The molecule has 4 fully saturated rings. The average Bonchev–Trinajstić information content (AvgIpc) is 2.65. The molecule has 0 aliphatic heterocycles. The highest BCUT2D eigenvalue weighted by Gasteiger charge is 2.55. The fourth-order valence-electron chi connectivity index (χ4n) is 6.18. The van der Waals surface area contributed by atoms with E-state index in [1.54, 1.807) is 0 Å². The van der Waals surface area contributed by atoms with E-state index in [1.165, 1.54) is 19.3 Å². The van der Waals surface area contributed by atoms with Crippen molar-refractivity contribution in [2.45, 2.75) is 64.3 Å². The normalized spacial score (nSPS) is 32.1. The van der Waals surface area contributed by atoms with Crippen molar-refractivity contribution in [3.8, 4) is 0 Å². The Labute approximate surface area is 162 Å². The van der Waals surface area contributed by atoms with Gasteiger partial charge < -0.3 is 10.1 Å². The lowest BCUT2D eigenvalue weighted by molar-refractivity contribution is -0.173. The minimum absolute atomic E-state index is 0.0260. The van der Waals surface area contributed by atoms with Crippen LogP contribution in [0.15, 0.2) is 30.3 Å². The number of nitrogens with one attached hydrogen (secondary N) is 1. The van der Waals surface area contributed by atoms with Gasteiger partial charge in [-0.15, -0.1) is 0 Å². The number of hydrogen-bond acceptors (Lipinski definition) is 3. The van der Waals surface area contributed by atoms with Crippen LogP contribution in [0.25, 0.3) is 0 Å². The van der Waals surface area contributed by atoms with Crippen molar-refractivity contribution in [1.29, 1.82) is 0 Å². The molecule has 0 heterocycles. The van der Waals surface area contributed by atoms with Crippen LogP contribution in [0.5, 0.6) is 0 Å². The Morgan fingerprint density at radius 2 is 1.67 bits per heavy atom. The van der Waals surface area contributed by atoms with Crippen molar-refractivity contribution in [3.05, 3.63) is 35.9 Å². The van der Waals surface area contributed by atoms with Gasteiger partial charge in [0.2, 0.25) is 0 Å². The molecule has 4 aliphatic carbocycles. The Morgan fingerprint density at radius 1 is 1.07 bits per heavy atom. The van der Waals surface area contributed by atoms with Crippen LogP contribution in [0, 0.1) is 23.2 Å². The number of carbonyl (C=O) groups is 2. The number of hydrogen-bond donors (Lipinski definition) is 1. The maximum Gasteiger partial charge on any atom is 0.312 e. The lowest BCUT2D eigenvalue weighted by Gasteiger charge is -2.55. The number of rotatable bonds is 7. The molecule has 0 saturated heterocycles. The van der Waals surface area contributed by atoms with Gasteiger partial charge in [0.1, 0.15) is 0 Å². The molecule has 146 valence electrons. The molecular formula is C23H31NO3. The minimum atomic E-state index is -0.294. The summed E-state index contributed by atoms with van der Waals surface area (Å²) in [6, 6.07) is 9.97. The molecule has 4 bridgehead atoms. The van der Waals surface area contributed by atoms with E-state index in [9.17, 15) is 9.59 Å². The summed E-state index contributed by atoms with van der Waals surface area (Å²) in [7, 11) is 0. The maximum atomic E-state index is 12.9. The van der Waals surface area contributed by atoms with Crippen LogP contribution >= 0.6 is 0 Å². The molecule has 1 aromatic rings. The van der Waals surface area contributed by atoms with Gasteiger partial charge in [0, 0.05) is 0 Å².